The highest BCUT2D eigenvalue weighted by Crippen LogP contribution is 2.45. The maximum atomic E-state index is 13.5. The number of carbonyl (C=O) groups excluding carboxylic acids is 1. The van der Waals surface area contributed by atoms with E-state index < -0.39 is 0 Å². The number of fused-ring (bicyclic) bond motifs is 1. The van der Waals surface area contributed by atoms with Crippen LogP contribution in [0.3, 0.4) is 0 Å². The summed E-state index contributed by atoms with van der Waals surface area (Å²) in [5, 5.41) is 8.16. The Bertz CT molecular complexity index is 1260. The van der Waals surface area contributed by atoms with Crippen LogP contribution in [0.25, 0.3) is 11.3 Å². The van der Waals surface area contributed by atoms with Gasteiger partial charge in [0.25, 0.3) is 5.91 Å². The average Bonchev–Trinajstić information content (AvgIpc) is 3.35. The molecule has 0 aliphatic carbocycles. The summed E-state index contributed by atoms with van der Waals surface area (Å²) in [5.74, 6) is 0.678. The van der Waals surface area contributed by atoms with Crippen LogP contribution >= 0.6 is 11.6 Å². The molecule has 1 aliphatic rings. The molecule has 1 aromatic heterocycles. The predicted octanol–water partition coefficient (Wildman–Crippen LogP) is 6.19. The van der Waals surface area contributed by atoms with E-state index in [1.54, 1.807) is 17.0 Å². The number of ether oxygens (including phenoxy) is 1. The summed E-state index contributed by atoms with van der Waals surface area (Å²) in [6.45, 7) is 4.60. The number of anilines is 1. The van der Waals surface area contributed by atoms with Gasteiger partial charge in [-0.05, 0) is 55.8 Å². The van der Waals surface area contributed by atoms with E-state index in [2.05, 4.69) is 22.3 Å². The van der Waals surface area contributed by atoms with Gasteiger partial charge in [-0.3, -0.25) is 14.8 Å². The zero-order valence-electron chi connectivity index (χ0n) is 17.8. The fraction of sp³-hybridized carbons (Fsp3) is 0.154. The lowest BCUT2D eigenvalue weighted by atomic mass is 9.95. The summed E-state index contributed by atoms with van der Waals surface area (Å²) in [5.41, 5.74) is 6.05. The topological polar surface area (TPSA) is 58.2 Å². The van der Waals surface area contributed by atoms with E-state index in [0.29, 0.717) is 17.3 Å². The first kappa shape index (κ1) is 20.3. The first-order valence-corrected chi connectivity index (χ1v) is 10.9. The standard InChI is InChI=1S/C26H22ClN3O2/c1-3-32-21-14-8-18(9-15-21)25-22-23(17-6-4-16(2)5-7-17)28-29-24(22)26(31)30(25)20-12-10-19(27)11-13-20/h4-15,25H,3H2,1-2H3,(H,28,29)/t25-/m0/s1. The Labute approximate surface area is 191 Å². The van der Waals surface area contributed by atoms with E-state index in [1.807, 2.05) is 62.4 Å². The van der Waals surface area contributed by atoms with Gasteiger partial charge in [0.1, 0.15) is 11.4 Å². The maximum Gasteiger partial charge on any atom is 0.277 e. The van der Waals surface area contributed by atoms with E-state index in [4.69, 9.17) is 16.3 Å². The maximum absolute atomic E-state index is 13.5. The number of aryl methyl sites for hydroxylation is 1. The predicted molar refractivity (Wildman–Crippen MR) is 126 cm³/mol. The Morgan fingerprint density at radius 3 is 2.34 bits per heavy atom. The van der Waals surface area contributed by atoms with E-state index in [1.165, 1.54) is 5.56 Å². The molecule has 3 aromatic carbocycles. The molecular formula is C26H22ClN3O2. The van der Waals surface area contributed by atoms with Gasteiger partial charge in [0.15, 0.2) is 0 Å². The smallest absolute Gasteiger partial charge is 0.277 e. The molecule has 0 unspecified atom stereocenters. The highest BCUT2D eigenvalue weighted by atomic mass is 35.5. The molecule has 1 aliphatic heterocycles. The van der Waals surface area contributed by atoms with Crippen molar-refractivity contribution < 1.29 is 9.53 Å². The second kappa shape index (κ2) is 8.17. The van der Waals surface area contributed by atoms with Gasteiger partial charge in [-0.15, -0.1) is 0 Å². The Kier molecular flexibility index (Phi) is 5.19. The molecule has 1 amide bonds. The summed E-state index contributed by atoms with van der Waals surface area (Å²) in [7, 11) is 0. The number of amides is 1. The van der Waals surface area contributed by atoms with Crippen LogP contribution in [0.2, 0.25) is 5.02 Å². The van der Waals surface area contributed by atoms with Crippen LogP contribution in [0.1, 0.15) is 40.1 Å². The number of rotatable bonds is 5. The molecule has 2 heterocycles. The number of H-pyrrole nitrogens is 1. The zero-order valence-corrected chi connectivity index (χ0v) is 18.6. The molecule has 160 valence electrons. The summed E-state index contributed by atoms with van der Waals surface area (Å²) < 4.78 is 5.61. The first-order valence-electron chi connectivity index (χ1n) is 10.5. The lowest BCUT2D eigenvalue weighted by Gasteiger charge is -2.26. The van der Waals surface area contributed by atoms with Crippen molar-refractivity contribution in [1.82, 2.24) is 10.2 Å². The van der Waals surface area contributed by atoms with Crippen molar-refractivity contribution in [3.63, 3.8) is 0 Å². The largest absolute Gasteiger partial charge is 0.494 e. The van der Waals surface area contributed by atoms with Gasteiger partial charge < -0.3 is 4.74 Å². The molecule has 0 saturated heterocycles. The minimum absolute atomic E-state index is 0.118. The molecule has 0 radical (unpaired) electrons. The Hall–Kier alpha value is -3.57. The van der Waals surface area contributed by atoms with Crippen LogP contribution in [0.15, 0.2) is 72.8 Å². The molecular weight excluding hydrogens is 422 g/mol. The fourth-order valence-electron chi connectivity index (χ4n) is 4.17. The number of hydrogen-bond acceptors (Lipinski definition) is 3. The summed E-state index contributed by atoms with van der Waals surface area (Å²) in [6, 6.07) is 23.1. The highest BCUT2D eigenvalue weighted by Gasteiger charge is 2.43. The minimum Gasteiger partial charge on any atom is -0.494 e. The normalized spacial score (nSPS) is 15.2. The summed E-state index contributed by atoms with van der Waals surface area (Å²) in [6.07, 6.45) is 0. The molecule has 32 heavy (non-hydrogen) atoms. The van der Waals surface area contributed by atoms with E-state index in [-0.39, 0.29) is 11.9 Å². The van der Waals surface area contributed by atoms with Crippen LogP contribution in [-0.4, -0.2) is 22.7 Å². The van der Waals surface area contributed by atoms with Crippen molar-refractivity contribution in [3.8, 4) is 17.0 Å². The van der Waals surface area contributed by atoms with Gasteiger partial charge in [-0.2, -0.15) is 5.10 Å². The number of nitrogens with one attached hydrogen (secondary N) is 1. The minimum atomic E-state index is -0.329. The van der Waals surface area contributed by atoms with E-state index in [0.717, 1.165) is 33.8 Å². The SMILES string of the molecule is CCOc1ccc([C@H]2c3c(-c4ccc(C)cc4)n[nH]c3C(=O)N2c2ccc(Cl)cc2)cc1. The Balaban J connectivity index is 1.67. The molecule has 0 bridgehead atoms. The number of aromatic amines is 1. The monoisotopic (exact) mass is 443 g/mol. The fourth-order valence-corrected chi connectivity index (χ4v) is 4.30. The number of aromatic nitrogens is 2. The molecule has 0 spiro atoms. The van der Waals surface area contributed by atoms with Crippen LogP contribution in [0, 0.1) is 6.92 Å². The quantitative estimate of drug-likeness (QED) is 0.400. The molecule has 0 saturated carbocycles. The van der Waals surface area contributed by atoms with Crippen molar-refractivity contribution in [3.05, 3.63) is 100 Å². The zero-order chi connectivity index (χ0) is 22.2. The molecule has 0 fully saturated rings. The van der Waals surface area contributed by atoms with Gasteiger partial charge in [0.2, 0.25) is 0 Å². The Morgan fingerprint density at radius 2 is 1.69 bits per heavy atom. The summed E-state index contributed by atoms with van der Waals surface area (Å²) in [4.78, 5) is 15.3. The van der Waals surface area contributed by atoms with Crippen LogP contribution in [-0.2, 0) is 0 Å². The summed E-state index contributed by atoms with van der Waals surface area (Å²) >= 11 is 6.11. The van der Waals surface area contributed by atoms with Crippen LogP contribution < -0.4 is 9.64 Å². The van der Waals surface area contributed by atoms with Gasteiger partial charge in [0.05, 0.1) is 18.3 Å². The van der Waals surface area contributed by atoms with E-state index >= 15 is 0 Å². The first-order chi connectivity index (χ1) is 15.6. The van der Waals surface area contributed by atoms with Crippen molar-refractivity contribution >= 4 is 23.2 Å². The van der Waals surface area contributed by atoms with Gasteiger partial charge >= 0.3 is 0 Å². The van der Waals surface area contributed by atoms with Gasteiger partial charge in [0, 0.05) is 21.8 Å². The van der Waals surface area contributed by atoms with Crippen molar-refractivity contribution in [2.75, 3.05) is 11.5 Å². The third-order valence-electron chi connectivity index (χ3n) is 5.70. The van der Waals surface area contributed by atoms with Crippen molar-refractivity contribution in [2.45, 2.75) is 19.9 Å². The van der Waals surface area contributed by atoms with Gasteiger partial charge in [-0.25, -0.2) is 0 Å². The van der Waals surface area contributed by atoms with Crippen molar-refractivity contribution in [2.24, 2.45) is 0 Å². The number of halogens is 1. The Morgan fingerprint density at radius 1 is 1.00 bits per heavy atom. The van der Waals surface area contributed by atoms with Crippen LogP contribution in [0.4, 0.5) is 5.69 Å². The molecule has 5 rings (SSSR count). The molecule has 1 atom stereocenters. The molecule has 1 N–H and O–H groups in total. The molecule has 4 aromatic rings. The number of hydrogen-bond donors (Lipinski definition) is 1. The average molecular weight is 444 g/mol. The van der Waals surface area contributed by atoms with Crippen molar-refractivity contribution in [1.29, 1.82) is 0 Å². The second-order valence-corrected chi connectivity index (χ2v) is 8.22. The number of nitrogens with zero attached hydrogens (tertiary/aromatic N) is 2. The highest BCUT2D eigenvalue weighted by molar-refractivity contribution is 6.30. The second-order valence-electron chi connectivity index (χ2n) is 7.78. The lowest BCUT2D eigenvalue weighted by Crippen LogP contribution is -2.29. The number of benzene rings is 3. The van der Waals surface area contributed by atoms with E-state index in [9.17, 15) is 4.79 Å². The lowest BCUT2D eigenvalue weighted by molar-refractivity contribution is 0.0989. The number of carbonyl (C=O) groups is 1. The third kappa shape index (κ3) is 3.45. The molecule has 5 nitrogen and oxygen atoms in total. The third-order valence-corrected chi connectivity index (χ3v) is 5.96. The van der Waals surface area contributed by atoms with Crippen LogP contribution in [0.5, 0.6) is 5.75 Å². The molecule has 6 heteroatoms. The van der Waals surface area contributed by atoms with Gasteiger partial charge in [-0.1, -0.05) is 53.6 Å².